The van der Waals surface area contributed by atoms with Crippen molar-refractivity contribution < 1.29 is 9.13 Å². The van der Waals surface area contributed by atoms with Crippen LogP contribution in [0.4, 0.5) is 4.39 Å². The fourth-order valence-corrected chi connectivity index (χ4v) is 3.00. The Morgan fingerprint density at radius 2 is 2.26 bits per heavy atom. The molecule has 0 spiro atoms. The Labute approximate surface area is 127 Å². The topological polar surface area (TPSA) is 12.5 Å². The minimum Gasteiger partial charge on any atom is -0.369 e. The Kier molecular flexibility index (Phi) is 4.88. The number of morpholine rings is 1. The second-order valence-electron chi connectivity index (χ2n) is 5.56. The number of benzene rings is 1. The molecular weight excluding hydrogens is 333 g/mol. The van der Waals surface area contributed by atoms with Gasteiger partial charge in [0.1, 0.15) is 5.82 Å². The lowest BCUT2D eigenvalue weighted by Crippen LogP contribution is -2.52. The molecule has 0 N–H and O–H groups in total. The monoisotopic (exact) mass is 349 g/mol. The SMILES string of the molecule is CC1(C)CN(Cc2ccc(Cl)cc2F)CC(CBr)O1. The molecule has 1 saturated heterocycles. The van der Waals surface area contributed by atoms with Crippen LogP contribution in [0, 0.1) is 5.82 Å². The van der Waals surface area contributed by atoms with E-state index in [2.05, 4.69) is 34.7 Å². The highest BCUT2D eigenvalue weighted by atomic mass is 79.9. The van der Waals surface area contributed by atoms with Gasteiger partial charge in [0, 0.05) is 35.6 Å². The molecule has 1 heterocycles. The van der Waals surface area contributed by atoms with E-state index in [4.69, 9.17) is 16.3 Å². The quantitative estimate of drug-likeness (QED) is 0.768. The number of rotatable bonds is 3. The van der Waals surface area contributed by atoms with E-state index in [0.29, 0.717) is 17.1 Å². The molecular formula is C14H18BrClFNO. The van der Waals surface area contributed by atoms with Gasteiger partial charge in [-0.2, -0.15) is 0 Å². The molecule has 0 aromatic heterocycles. The molecule has 0 saturated carbocycles. The lowest BCUT2D eigenvalue weighted by molar-refractivity contribution is -0.128. The maximum absolute atomic E-state index is 13.8. The Hall–Kier alpha value is -0.160. The molecule has 2 rings (SSSR count). The van der Waals surface area contributed by atoms with E-state index in [0.717, 1.165) is 18.4 Å². The molecule has 5 heteroatoms. The smallest absolute Gasteiger partial charge is 0.129 e. The first-order valence-electron chi connectivity index (χ1n) is 6.30. The summed E-state index contributed by atoms with van der Waals surface area (Å²) in [7, 11) is 0. The first-order chi connectivity index (χ1) is 8.89. The predicted octanol–water partition coefficient (Wildman–Crippen LogP) is 3.85. The van der Waals surface area contributed by atoms with Crippen LogP contribution in [0.15, 0.2) is 18.2 Å². The van der Waals surface area contributed by atoms with Crippen LogP contribution in [-0.2, 0) is 11.3 Å². The normalized spacial score (nSPS) is 23.5. The number of halogens is 3. The molecule has 1 unspecified atom stereocenters. The van der Waals surface area contributed by atoms with E-state index < -0.39 is 0 Å². The highest BCUT2D eigenvalue weighted by Crippen LogP contribution is 2.24. The summed E-state index contributed by atoms with van der Waals surface area (Å²) in [6.45, 7) is 6.30. The minimum atomic E-state index is -0.243. The summed E-state index contributed by atoms with van der Waals surface area (Å²) in [6.07, 6.45) is 0.138. The first kappa shape index (κ1) is 15.2. The summed E-state index contributed by atoms with van der Waals surface area (Å²) < 4.78 is 19.8. The molecule has 1 aliphatic heterocycles. The van der Waals surface area contributed by atoms with Gasteiger partial charge in [-0.05, 0) is 26.0 Å². The number of alkyl halides is 1. The molecule has 0 radical (unpaired) electrons. The molecule has 106 valence electrons. The van der Waals surface area contributed by atoms with Crippen LogP contribution >= 0.6 is 27.5 Å². The van der Waals surface area contributed by atoms with E-state index in [1.165, 1.54) is 6.07 Å². The molecule has 19 heavy (non-hydrogen) atoms. The van der Waals surface area contributed by atoms with Crippen molar-refractivity contribution >= 4 is 27.5 Å². The average molecular weight is 351 g/mol. The van der Waals surface area contributed by atoms with Gasteiger partial charge in [0.2, 0.25) is 0 Å². The van der Waals surface area contributed by atoms with Gasteiger partial charge in [-0.15, -0.1) is 0 Å². The second-order valence-corrected chi connectivity index (χ2v) is 6.64. The number of ether oxygens (including phenoxy) is 1. The third kappa shape index (κ3) is 4.15. The number of nitrogens with zero attached hydrogens (tertiary/aromatic N) is 1. The Morgan fingerprint density at radius 3 is 2.89 bits per heavy atom. The van der Waals surface area contributed by atoms with Gasteiger partial charge in [-0.25, -0.2) is 4.39 Å². The maximum Gasteiger partial charge on any atom is 0.129 e. The highest BCUT2D eigenvalue weighted by molar-refractivity contribution is 9.09. The summed E-state index contributed by atoms with van der Waals surface area (Å²) in [5.74, 6) is -0.243. The molecule has 1 aliphatic rings. The van der Waals surface area contributed by atoms with Gasteiger partial charge in [0.05, 0.1) is 11.7 Å². The minimum absolute atomic E-state index is 0.138. The van der Waals surface area contributed by atoms with E-state index >= 15 is 0 Å². The molecule has 0 aliphatic carbocycles. The largest absolute Gasteiger partial charge is 0.369 e. The summed E-state index contributed by atoms with van der Waals surface area (Å²) in [5, 5.41) is 1.22. The van der Waals surface area contributed by atoms with Crippen LogP contribution in [0.1, 0.15) is 19.4 Å². The molecule has 1 aromatic carbocycles. The van der Waals surface area contributed by atoms with Crippen LogP contribution in [0.25, 0.3) is 0 Å². The van der Waals surface area contributed by atoms with Crippen molar-refractivity contribution in [2.75, 3.05) is 18.4 Å². The Balaban J connectivity index is 2.09. The molecule has 1 fully saturated rings. The Bertz CT molecular complexity index is 455. The number of hydrogen-bond donors (Lipinski definition) is 0. The second kappa shape index (κ2) is 6.08. The van der Waals surface area contributed by atoms with E-state index in [1.807, 2.05) is 0 Å². The van der Waals surface area contributed by atoms with Gasteiger partial charge in [0.15, 0.2) is 0 Å². The van der Waals surface area contributed by atoms with Crippen LogP contribution < -0.4 is 0 Å². The summed E-state index contributed by atoms with van der Waals surface area (Å²) in [4.78, 5) is 2.22. The van der Waals surface area contributed by atoms with Crippen LogP contribution in [0.3, 0.4) is 0 Å². The first-order valence-corrected chi connectivity index (χ1v) is 7.79. The lowest BCUT2D eigenvalue weighted by Gasteiger charge is -2.42. The highest BCUT2D eigenvalue weighted by Gasteiger charge is 2.32. The van der Waals surface area contributed by atoms with Crippen molar-refractivity contribution in [1.82, 2.24) is 4.90 Å². The maximum atomic E-state index is 13.8. The van der Waals surface area contributed by atoms with Crippen molar-refractivity contribution in [1.29, 1.82) is 0 Å². The Morgan fingerprint density at radius 1 is 1.53 bits per heavy atom. The zero-order valence-electron chi connectivity index (χ0n) is 11.1. The van der Waals surface area contributed by atoms with Gasteiger partial charge in [-0.1, -0.05) is 33.6 Å². The van der Waals surface area contributed by atoms with Crippen LogP contribution in [0.2, 0.25) is 5.02 Å². The molecule has 2 nitrogen and oxygen atoms in total. The fourth-order valence-electron chi connectivity index (χ4n) is 2.51. The number of hydrogen-bond acceptors (Lipinski definition) is 2. The predicted molar refractivity (Wildman–Crippen MR) is 79.4 cm³/mol. The summed E-state index contributed by atoms with van der Waals surface area (Å²) >= 11 is 9.23. The van der Waals surface area contributed by atoms with Crippen molar-refractivity contribution in [3.05, 3.63) is 34.6 Å². The molecule has 1 atom stereocenters. The summed E-state index contributed by atoms with van der Waals surface area (Å²) in [5.41, 5.74) is 0.468. The molecule has 0 amide bonds. The van der Waals surface area contributed by atoms with Crippen molar-refractivity contribution in [2.24, 2.45) is 0 Å². The zero-order valence-corrected chi connectivity index (χ0v) is 13.5. The van der Waals surface area contributed by atoms with Crippen molar-refractivity contribution in [3.63, 3.8) is 0 Å². The van der Waals surface area contributed by atoms with Gasteiger partial charge < -0.3 is 4.74 Å². The molecule has 0 bridgehead atoms. The van der Waals surface area contributed by atoms with Crippen LogP contribution in [0.5, 0.6) is 0 Å². The van der Waals surface area contributed by atoms with E-state index in [-0.39, 0.29) is 17.5 Å². The standard InChI is InChI=1S/C14H18BrClFNO/c1-14(2)9-18(8-12(6-15)19-14)7-10-3-4-11(16)5-13(10)17/h3-5,12H,6-9H2,1-2H3. The van der Waals surface area contributed by atoms with Crippen molar-refractivity contribution in [2.45, 2.75) is 32.1 Å². The van der Waals surface area contributed by atoms with E-state index in [9.17, 15) is 4.39 Å². The lowest BCUT2D eigenvalue weighted by atomic mass is 10.0. The van der Waals surface area contributed by atoms with Crippen LogP contribution in [-0.4, -0.2) is 35.0 Å². The fraction of sp³-hybridized carbons (Fsp3) is 0.571. The third-order valence-electron chi connectivity index (χ3n) is 3.13. The zero-order chi connectivity index (χ0) is 14.0. The third-order valence-corrected chi connectivity index (χ3v) is 4.09. The summed E-state index contributed by atoms with van der Waals surface area (Å²) in [6, 6.07) is 4.85. The van der Waals surface area contributed by atoms with E-state index in [1.54, 1.807) is 12.1 Å². The van der Waals surface area contributed by atoms with Gasteiger partial charge >= 0.3 is 0 Å². The van der Waals surface area contributed by atoms with Gasteiger partial charge in [-0.3, -0.25) is 4.90 Å². The van der Waals surface area contributed by atoms with Gasteiger partial charge in [0.25, 0.3) is 0 Å². The average Bonchev–Trinajstić information content (AvgIpc) is 2.31. The molecule has 1 aromatic rings. The van der Waals surface area contributed by atoms with Crippen molar-refractivity contribution in [3.8, 4) is 0 Å².